The van der Waals surface area contributed by atoms with Crippen LogP contribution in [0.3, 0.4) is 0 Å². The Kier molecular flexibility index (Phi) is 16.5. The molecular formula is C42H62N4O5S2. The SMILES string of the molecule is CC(C)c1cc(C(C)C)c(S(=O)(=O)CN=Cc2ccc(CCNC(=O)CCCCCCC(=O)CCCC[C@@H]3SC[C@@H]4NC(=O)N[C@@H]43)cc2)c(C(C)C)c1. The fourth-order valence-corrected chi connectivity index (χ4v) is 10.4. The van der Waals surface area contributed by atoms with E-state index in [0.717, 1.165) is 78.5 Å². The van der Waals surface area contributed by atoms with Gasteiger partial charge in [-0.1, -0.05) is 97.2 Å². The summed E-state index contributed by atoms with van der Waals surface area (Å²) < 4.78 is 27.3. The molecular weight excluding hydrogens is 705 g/mol. The molecule has 0 aromatic heterocycles. The van der Waals surface area contributed by atoms with Crippen LogP contribution in [-0.4, -0.2) is 67.9 Å². The Balaban J connectivity index is 1.08. The smallest absolute Gasteiger partial charge is 0.315 e. The third-order valence-corrected chi connectivity index (χ3v) is 13.4. The molecule has 0 aliphatic carbocycles. The van der Waals surface area contributed by atoms with Crippen LogP contribution in [0.1, 0.15) is 151 Å². The molecule has 2 aliphatic rings. The van der Waals surface area contributed by atoms with Crippen molar-refractivity contribution in [3.63, 3.8) is 0 Å². The van der Waals surface area contributed by atoms with Crippen molar-refractivity contribution in [2.75, 3.05) is 18.2 Å². The fraction of sp³-hybridized carbons (Fsp3) is 0.619. The fourth-order valence-electron chi connectivity index (χ4n) is 7.16. The minimum atomic E-state index is -3.64. The molecule has 3 amide bonds. The van der Waals surface area contributed by atoms with Crippen LogP contribution in [0.5, 0.6) is 0 Å². The van der Waals surface area contributed by atoms with Crippen molar-refractivity contribution in [1.82, 2.24) is 16.0 Å². The number of ketones is 1. The third kappa shape index (κ3) is 13.0. The number of Topliss-reactive ketones (excluding diaryl/α,β-unsaturated/α-hetero) is 1. The van der Waals surface area contributed by atoms with Crippen LogP contribution < -0.4 is 16.0 Å². The number of amides is 3. The maximum Gasteiger partial charge on any atom is 0.315 e. The standard InChI is InChI=1S/C42H62N4O5S2/c1-28(2)33-23-35(29(3)4)41(36(24-33)30(5)6)53(50,51)27-43-25-32-19-17-31(18-20-32)21-22-44-39(48)16-10-8-7-9-13-34(47)14-11-12-15-38-40-37(26-52-38)45-42(49)46-40/h17-20,23-25,28-30,37-38,40H,7-16,21-22,26-27H2,1-6H3,(H,44,48)(H2,45,46,49)/t37-,38-,40-/m0/s1. The maximum atomic E-state index is 13.6. The van der Waals surface area contributed by atoms with Gasteiger partial charge in [0.25, 0.3) is 0 Å². The Morgan fingerprint density at radius 1 is 0.868 bits per heavy atom. The predicted molar refractivity (Wildman–Crippen MR) is 218 cm³/mol. The van der Waals surface area contributed by atoms with Gasteiger partial charge in [-0.15, -0.1) is 0 Å². The van der Waals surface area contributed by atoms with Gasteiger partial charge < -0.3 is 16.0 Å². The van der Waals surface area contributed by atoms with Gasteiger partial charge in [0.15, 0.2) is 9.84 Å². The number of nitrogens with zero attached hydrogens (tertiary/aromatic N) is 1. The molecule has 2 saturated heterocycles. The van der Waals surface area contributed by atoms with Crippen LogP contribution in [-0.2, 0) is 25.8 Å². The Morgan fingerprint density at radius 2 is 1.49 bits per heavy atom. The number of thioether (sulfide) groups is 1. The van der Waals surface area contributed by atoms with Gasteiger partial charge in [0, 0.05) is 43.0 Å². The van der Waals surface area contributed by atoms with E-state index in [4.69, 9.17) is 0 Å². The molecule has 53 heavy (non-hydrogen) atoms. The van der Waals surface area contributed by atoms with Crippen molar-refractivity contribution in [3.05, 3.63) is 64.2 Å². The molecule has 2 aromatic rings. The summed E-state index contributed by atoms with van der Waals surface area (Å²) in [6.07, 6.45) is 10.6. The molecule has 0 bridgehead atoms. The number of nitrogens with one attached hydrogen (secondary N) is 3. The number of unbranched alkanes of at least 4 members (excludes halogenated alkanes) is 4. The van der Waals surface area contributed by atoms with Crippen molar-refractivity contribution < 1.29 is 22.8 Å². The number of aliphatic imine (C=N–C) groups is 1. The zero-order valence-electron chi connectivity index (χ0n) is 32.7. The van der Waals surface area contributed by atoms with Crippen LogP contribution in [0.25, 0.3) is 0 Å². The van der Waals surface area contributed by atoms with E-state index in [1.807, 2.05) is 63.7 Å². The lowest BCUT2D eigenvalue weighted by Crippen LogP contribution is -2.36. The van der Waals surface area contributed by atoms with Crippen LogP contribution in [0, 0.1) is 0 Å². The number of hydrogen-bond donors (Lipinski definition) is 3. The summed E-state index contributed by atoms with van der Waals surface area (Å²) in [5.41, 5.74) is 4.80. The van der Waals surface area contributed by atoms with Crippen LogP contribution in [0.2, 0.25) is 0 Å². The molecule has 0 spiro atoms. The second kappa shape index (κ2) is 20.5. The molecule has 0 unspecified atom stereocenters. The molecule has 0 radical (unpaired) electrons. The van der Waals surface area contributed by atoms with E-state index >= 15 is 0 Å². The summed E-state index contributed by atoms with van der Waals surface area (Å²) >= 11 is 1.92. The topological polar surface area (TPSA) is 134 Å². The molecule has 2 heterocycles. The lowest BCUT2D eigenvalue weighted by Gasteiger charge is -2.22. The molecule has 9 nitrogen and oxygen atoms in total. The lowest BCUT2D eigenvalue weighted by atomic mass is 9.89. The zero-order valence-corrected chi connectivity index (χ0v) is 34.3. The number of hydrogen-bond acceptors (Lipinski definition) is 7. The second-order valence-electron chi connectivity index (χ2n) is 15.7. The highest BCUT2D eigenvalue weighted by Gasteiger charge is 2.42. The van der Waals surface area contributed by atoms with Crippen molar-refractivity contribution in [3.8, 4) is 0 Å². The summed E-state index contributed by atoms with van der Waals surface area (Å²) in [5, 5.41) is 9.45. The molecule has 292 valence electrons. The molecule has 0 saturated carbocycles. The van der Waals surface area contributed by atoms with Gasteiger partial charge in [-0.05, 0) is 77.7 Å². The monoisotopic (exact) mass is 766 g/mol. The molecule has 2 fully saturated rings. The molecule has 2 aliphatic heterocycles. The Labute approximate surface area is 322 Å². The van der Waals surface area contributed by atoms with Gasteiger partial charge in [-0.3, -0.25) is 14.6 Å². The van der Waals surface area contributed by atoms with Gasteiger partial charge in [0.05, 0.1) is 17.0 Å². The minimum absolute atomic E-state index is 0.0471. The predicted octanol–water partition coefficient (Wildman–Crippen LogP) is 8.20. The van der Waals surface area contributed by atoms with E-state index < -0.39 is 9.84 Å². The molecule has 4 rings (SSSR count). The summed E-state index contributed by atoms with van der Waals surface area (Å²) in [7, 11) is -3.64. The quantitative estimate of drug-likeness (QED) is 0.0629. The normalized spacial score (nSPS) is 18.6. The Hall–Kier alpha value is -3.18. The van der Waals surface area contributed by atoms with E-state index in [2.05, 4.69) is 46.9 Å². The number of fused-ring (bicyclic) bond motifs is 1. The number of rotatable bonds is 22. The van der Waals surface area contributed by atoms with E-state index in [1.54, 1.807) is 6.21 Å². The van der Waals surface area contributed by atoms with Crippen molar-refractivity contribution in [2.45, 2.75) is 152 Å². The van der Waals surface area contributed by atoms with E-state index in [0.29, 0.717) is 54.1 Å². The van der Waals surface area contributed by atoms with Gasteiger partial charge in [-0.2, -0.15) is 11.8 Å². The summed E-state index contributed by atoms with van der Waals surface area (Å²) in [5.74, 6) is 1.50. The van der Waals surface area contributed by atoms with E-state index in [-0.39, 0.29) is 41.7 Å². The van der Waals surface area contributed by atoms with Crippen LogP contribution in [0.15, 0.2) is 46.3 Å². The first-order valence-electron chi connectivity index (χ1n) is 19.7. The highest BCUT2D eigenvalue weighted by atomic mass is 32.2. The van der Waals surface area contributed by atoms with Gasteiger partial charge in [-0.25, -0.2) is 13.2 Å². The molecule has 11 heteroatoms. The van der Waals surface area contributed by atoms with Gasteiger partial charge in [0.2, 0.25) is 5.91 Å². The summed E-state index contributed by atoms with van der Waals surface area (Å²) in [4.78, 5) is 41.0. The van der Waals surface area contributed by atoms with Gasteiger partial charge in [0.1, 0.15) is 11.7 Å². The lowest BCUT2D eigenvalue weighted by molar-refractivity contribution is -0.121. The van der Waals surface area contributed by atoms with Gasteiger partial charge >= 0.3 is 6.03 Å². The second-order valence-corrected chi connectivity index (χ2v) is 18.9. The Morgan fingerprint density at radius 3 is 2.11 bits per heavy atom. The average molecular weight is 767 g/mol. The van der Waals surface area contributed by atoms with Crippen molar-refractivity contribution in [1.29, 1.82) is 0 Å². The first-order valence-corrected chi connectivity index (χ1v) is 22.4. The zero-order chi connectivity index (χ0) is 38.5. The number of sulfone groups is 1. The number of urea groups is 1. The average Bonchev–Trinajstić information content (AvgIpc) is 3.67. The van der Waals surface area contributed by atoms with E-state index in [9.17, 15) is 22.8 Å². The molecule has 3 atom stereocenters. The number of benzene rings is 2. The number of carbonyl (C=O) groups excluding carboxylic acids is 3. The summed E-state index contributed by atoms with van der Waals surface area (Å²) in [6.45, 7) is 13.0. The van der Waals surface area contributed by atoms with Crippen molar-refractivity contribution in [2.24, 2.45) is 4.99 Å². The first-order chi connectivity index (χ1) is 25.2. The first kappa shape index (κ1) is 42.6. The van der Waals surface area contributed by atoms with Crippen LogP contribution >= 0.6 is 11.8 Å². The highest BCUT2D eigenvalue weighted by Crippen LogP contribution is 2.36. The summed E-state index contributed by atoms with van der Waals surface area (Å²) in [6, 6.07) is 12.4. The largest absolute Gasteiger partial charge is 0.356 e. The van der Waals surface area contributed by atoms with E-state index in [1.165, 1.54) is 0 Å². The number of carbonyl (C=O) groups is 3. The molecule has 2 aromatic carbocycles. The Bertz CT molecular complexity index is 1640. The third-order valence-electron chi connectivity index (χ3n) is 10.3. The molecule has 3 N–H and O–H groups in total. The highest BCUT2D eigenvalue weighted by molar-refractivity contribution is 8.00. The van der Waals surface area contributed by atoms with Crippen molar-refractivity contribution >= 4 is 45.5 Å². The van der Waals surface area contributed by atoms with Crippen LogP contribution in [0.4, 0.5) is 4.79 Å². The minimum Gasteiger partial charge on any atom is -0.356 e. The maximum absolute atomic E-state index is 13.6.